The van der Waals surface area contributed by atoms with Crippen LogP contribution in [0.3, 0.4) is 0 Å². The van der Waals surface area contributed by atoms with E-state index in [1.54, 1.807) is 0 Å². The summed E-state index contributed by atoms with van der Waals surface area (Å²) in [6.45, 7) is 0. The van der Waals surface area contributed by atoms with Gasteiger partial charge in [0, 0.05) is 0 Å². The average molecular weight is 342 g/mol. The Hall–Kier alpha value is -1.02. The van der Waals surface area contributed by atoms with Crippen LogP contribution in [-0.2, 0) is 6.42 Å². The molecule has 1 aromatic carbocycles. The van der Waals surface area contributed by atoms with Crippen molar-refractivity contribution in [2.24, 2.45) is 0 Å². The average Bonchev–Trinajstić information content (AvgIpc) is 2.84. The lowest BCUT2D eigenvalue weighted by molar-refractivity contribution is 0.955. The second-order valence-electron chi connectivity index (χ2n) is 3.34. The maximum Gasteiger partial charge on any atom is 0.173 e. The van der Waals surface area contributed by atoms with Crippen LogP contribution in [0.5, 0.6) is 0 Å². The highest BCUT2D eigenvalue weighted by Gasteiger charge is 2.06. The Morgan fingerprint density at radius 1 is 1.25 bits per heavy atom. The summed E-state index contributed by atoms with van der Waals surface area (Å²) in [4.78, 5) is 12.1. The highest BCUT2D eigenvalue weighted by Crippen LogP contribution is 2.14. The fourth-order valence-corrected chi connectivity index (χ4v) is 2.55. The number of aromatic amines is 1. The van der Waals surface area contributed by atoms with Gasteiger partial charge in [-0.2, -0.15) is 4.37 Å². The van der Waals surface area contributed by atoms with Crippen molar-refractivity contribution in [3.8, 4) is 0 Å². The Morgan fingerprint density at radius 3 is 2.88 bits per heavy atom. The summed E-state index contributed by atoms with van der Waals surface area (Å²) in [6, 6.07) is 7.99. The minimum atomic E-state index is 0.661. The van der Waals surface area contributed by atoms with Gasteiger partial charge in [-0.25, -0.2) is 9.97 Å². The number of fused-ring (bicyclic) bond motifs is 1. The minimum Gasteiger partial charge on any atom is -0.342 e. The van der Waals surface area contributed by atoms with Gasteiger partial charge >= 0.3 is 0 Å². The Bertz CT molecular complexity index is 597. The van der Waals surface area contributed by atoms with Gasteiger partial charge in [-0.3, -0.25) is 0 Å². The van der Waals surface area contributed by atoms with Crippen LogP contribution in [0.2, 0.25) is 0 Å². The van der Waals surface area contributed by atoms with Crippen molar-refractivity contribution in [1.29, 1.82) is 0 Å². The van der Waals surface area contributed by atoms with Gasteiger partial charge < -0.3 is 4.98 Å². The molecule has 6 heteroatoms. The van der Waals surface area contributed by atoms with E-state index in [9.17, 15) is 0 Å². The van der Waals surface area contributed by atoms with Crippen molar-refractivity contribution < 1.29 is 0 Å². The standard InChI is InChI=1S/C10H7IN4S/c11-10-14-9(15-16-10)5-8-12-6-3-1-2-4-7(6)13-8/h1-4H,5H2,(H,12,13). The van der Waals surface area contributed by atoms with Crippen LogP contribution < -0.4 is 0 Å². The highest BCUT2D eigenvalue weighted by atomic mass is 127. The predicted molar refractivity (Wildman–Crippen MR) is 71.5 cm³/mol. The summed E-state index contributed by atoms with van der Waals surface area (Å²) in [5.74, 6) is 1.74. The van der Waals surface area contributed by atoms with E-state index in [0.717, 1.165) is 25.7 Å². The summed E-state index contributed by atoms with van der Waals surface area (Å²) in [5.41, 5.74) is 2.05. The van der Waals surface area contributed by atoms with Crippen LogP contribution in [0, 0.1) is 3.01 Å². The van der Waals surface area contributed by atoms with E-state index in [1.165, 1.54) is 11.5 Å². The summed E-state index contributed by atoms with van der Waals surface area (Å²) >= 11 is 3.59. The van der Waals surface area contributed by atoms with E-state index in [4.69, 9.17) is 0 Å². The normalized spacial score (nSPS) is 11.1. The zero-order valence-corrected chi connectivity index (χ0v) is 11.1. The number of para-hydroxylation sites is 2. The monoisotopic (exact) mass is 342 g/mol. The molecule has 0 aliphatic heterocycles. The molecule has 0 aliphatic rings. The highest BCUT2D eigenvalue weighted by molar-refractivity contribution is 14.1. The first-order valence-corrected chi connectivity index (χ1v) is 6.58. The Labute approximate surface area is 109 Å². The first-order chi connectivity index (χ1) is 7.81. The fourth-order valence-electron chi connectivity index (χ4n) is 1.54. The van der Waals surface area contributed by atoms with Crippen LogP contribution in [0.25, 0.3) is 11.0 Å². The van der Waals surface area contributed by atoms with Gasteiger partial charge in [-0.1, -0.05) is 12.1 Å². The maximum atomic E-state index is 4.48. The first kappa shape index (κ1) is 10.2. The van der Waals surface area contributed by atoms with Gasteiger partial charge in [0.1, 0.15) is 5.82 Å². The Balaban J connectivity index is 1.95. The Morgan fingerprint density at radius 2 is 2.12 bits per heavy atom. The third-order valence-corrected chi connectivity index (χ3v) is 3.58. The minimum absolute atomic E-state index is 0.661. The lowest BCUT2D eigenvalue weighted by Crippen LogP contribution is -1.92. The predicted octanol–water partition coefficient (Wildman–Crippen LogP) is 2.61. The number of halogens is 1. The van der Waals surface area contributed by atoms with Crippen LogP contribution in [-0.4, -0.2) is 19.3 Å². The molecule has 2 aromatic heterocycles. The molecule has 3 aromatic rings. The van der Waals surface area contributed by atoms with E-state index in [-0.39, 0.29) is 0 Å². The van der Waals surface area contributed by atoms with E-state index in [2.05, 4.69) is 41.9 Å². The number of aromatic nitrogens is 4. The van der Waals surface area contributed by atoms with Gasteiger partial charge in [-0.15, -0.1) is 0 Å². The van der Waals surface area contributed by atoms with Crippen LogP contribution in [0.15, 0.2) is 24.3 Å². The molecule has 0 aliphatic carbocycles. The first-order valence-electron chi connectivity index (χ1n) is 4.73. The molecule has 80 valence electrons. The molecule has 0 radical (unpaired) electrons. The molecule has 0 saturated carbocycles. The molecule has 0 atom stereocenters. The summed E-state index contributed by atoms with van der Waals surface area (Å²) < 4.78 is 5.21. The SMILES string of the molecule is Ic1nc(Cc2nc3ccccc3[nH]2)ns1. The molecule has 3 rings (SSSR count). The smallest absolute Gasteiger partial charge is 0.173 e. The molecule has 0 unspecified atom stereocenters. The second kappa shape index (κ2) is 4.10. The molecule has 16 heavy (non-hydrogen) atoms. The molecule has 0 amide bonds. The third kappa shape index (κ3) is 1.94. The lowest BCUT2D eigenvalue weighted by Gasteiger charge is -1.88. The molecular formula is C10H7IN4S. The molecule has 4 nitrogen and oxygen atoms in total. The molecular weight excluding hydrogens is 335 g/mol. The van der Waals surface area contributed by atoms with Crippen LogP contribution in [0.1, 0.15) is 11.6 Å². The number of hydrogen-bond donors (Lipinski definition) is 1. The third-order valence-electron chi connectivity index (χ3n) is 2.21. The Kier molecular flexibility index (Phi) is 2.60. The number of benzene rings is 1. The molecule has 1 N–H and O–H groups in total. The largest absolute Gasteiger partial charge is 0.342 e. The van der Waals surface area contributed by atoms with Crippen LogP contribution >= 0.6 is 34.1 Å². The molecule has 0 spiro atoms. The lowest BCUT2D eigenvalue weighted by atomic mass is 10.3. The zero-order chi connectivity index (χ0) is 11.0. The van der Waals surface area contributed by atoms with Crippen molar-refractivity contribution in [3.05, 3.63) is 38.9 Å². The van der Waals surface area contributed by atoms with Gasteiger partial charge in [0.25, 0.3) is 0 Å². The van der Waals surface area contributed by atoms with E-state index < -0.39 is 0 Å². The number of rotatable bonds is 2. The molecule has 0 bridgehead atoms. The number of hydrogen-bond acceptors (Lipinski definition) is 4. The number of H-pyrrole nitrogens is 1. The summed E-state index contributed by atoms with van der Waals surface area (Å²) in [6.07, 6.45) is 0.661. The maximum absolute atomic E-state index is 4.48. The molecule has 0 fully saturated rings. The van der Waals surface area contributed by atoms with Crippen LogP contribution in [0.4, 0.5) is 0 Å². The van der Waals surface area contributed by atoms with Gasteiger partial charge in [0.2, 0.25) is 0 Å². The van der Waals surface area contributed by atoms with E-state index >= 15 is 0 Å². The van der Waals surface area contributed by atoms with E-state index in [1.807, 2.05) is 24.3 Å². The number of imidazole rings is 1. The summed E-state index contributed by atoms with van der Waals surface area (Å²) in [5, 5.41) is 0. The van der Waals surface area contributed by atoms with Gasteiger partial charge in [0.15, 0.2) is 8.84 Å². The molecule has 2 heterocycles. The fraction of sp³-hybridized carbons (Fsp3) is 0.100. The number of nitrogens with one attached hydrogen (secondary N) is 1. The summed E-state index contributed by atoms with van der Waals surface area (Å²) in [7, 11) is 0. The zero-order valence-electron chi connectivity index (χ0n) is 8.14. The van der Waals surface area contributed by atoms with Gasteiger partial charge in [-0.05, 0) is 46.3 Å². The van der Waals surface area contributed by atoms with Crippen molar-refractivity contribution in [3.63, 3.8) is 0 Å². The van der Waals surface area contributed by atoms with Crippen molar-refractivity contribution in [1.82, 2.24) is 19.3 Å². The van der Waals surface area contributed by atoms with Crippen molar-refractivity contribution >= 4 is 45.2 Å². The quantitative estimate of drug-likeness (QED) is 0.729. The van der Waals surface area contributed by atoms with E-state index in [0.29, 0.717) is 6.42 Å². The van der Waals surface area contributed by atoms with Crippen molar-refractivity contribution in [2.45, 2.75) is 6.42 Å². The second-order valence-corrected chi connectivity index (χ2v) is 5.85. The molecule has 0 saturated heterocycles. The van der Waals surface area contributed by atoms with Gasteiger partial charge in [0.05, 0.1) is 17.5 Å². The number of nitrogens with zero attached hydrogens (tertiary/aromatic N) is 3. The van der Waals surface area contributed by atoms with Crippen molar-refractivity contribution in [2.75, 3.05) is 0 Å². The topological polar surface area (TPSA) is 54.5 Å².